The van der Waals surface area contributed by atoms with Crippen LogP contribution in [0.1, 0.15) is 10.5 Å². The molecule has 0 N–H and O–H groups in total. The molecule has 0 unspecified atom stereocenters. The summed E-state index contributed by atoms with van der Waals surface area (Å²) in [5.41, 5.74) is 1.20. The van der Waals surface area contributed by atoms with Gasteiger partial charge in [-0.25, -0.2) is 4.79 Å². The molecular weight excluding hydrogens is 246 g/mol. The second kappa shape index (κ2) is 3.94. The zero-order valence-corrected chi connectivity index (χ0v) is 10.5. The number of para-hydroxylation sites is 1. The zero-order chi connectivity index (χ0) is 13.6. The van der Waals surface area contributed by atoms with E-state index in [1.807, 2.05) is 23.7 Å². The summed E-state index contributed by atoms with van der Waals surface area (Å²) in [5, 5.41) is 4.56. The van der Waals surface area contributed by atoms with Gasteiger partial charge in [-0.05, 0) is 12.1 Å². The average Bonchev–Trinajstić information content (AvgIpc) is 2.89. The topological polar surface area (TPSA) is 65.6 Å². The lowest BCUT2D eigenvalue weighted by Crippen LogP contribution is -2.18. The third kappa shape index (κ3) is 1.53. The number of ether oxygens (including phenoxy) is 1. The molecule has 0 aliphatic rings. The maximum absolute atomic E-state index is 12.3. The van der Waals surface area contributed by atoms with Gasteiger partial charge in [0.15, 0.2) is 5.69 Å². The number of aryl methyl sites for hydroxylation is 1. The Bertz CT molecular complexity index is 861. The highest BCUT2D eigenvalue weighted by molar-refractivity contribution is 5.89. The molecule has 0 bridgehead atoms. The number of carbonyl (C=O) groups excluding carboxylic acids is 1. The SMILES string of the molecule is COC(=O)c1cc2n(C)c3ccccc3c(=O)n2n1. The first-order valence-electron chi connectivity index (χ1n) is 5.69. The van der Waals surface area contributed by atoms with E-state index < -0.39 is 5.97 Å². The predicted octanol–water partition coefficient (Wildman–Crippen LogP) is 0.973. The Hall–Kier alpha value is -2.63. The highest BCUT2D eigenvalue weighted by atomic mass is 16.5. The number of hydrogen-bond donors (Lipinski definition) is 0. The van der Waals surface area contributed by atoms with Crippen LogP contribution < -0.4 is 5.56 Å². The van der Waals surface area contributed by atoms with Crippen LogP contribution in [-0.2, 0) is 11.8 Å². The van der Waals surface area contributed by atoms with Crippen molar-refractivity contribution < 1.29 is 9.53 Å². The summed E-state index contributed by atoms with van der Waals surface area (Å²) < 4.78 is 7.65. The molecule has 6 heteroatoms. The summed E-state index contributed by atoms with van der Waals surface area (Å²) in [6.07, 6.45) is 0. The minimum atomic E-state index is -0.563. The van der Waals surface area contributed by atoms with Gasteiger partial charge in [0.05, 0.1) is 18.0 Å². The van der Waals surface area contributed by atoms with E-state index in [0.29, 0.717) is 11.0 Å². The quantitative estimate of drug-likeness (QED) is 0.609. The summed E-state index contributed by atoms with van der Waals surface area (Å²) in [6.45, 7) is 0. The number of rotatable bonds is 1. The molecule has 0 aliphatic carbocycles. The van der Waals surface area contributed by atoms with Crippen LogP contribution in [0.2, 0.25) is 0 Å². The Labute approximate surface area is 107 Å². The van der Waals surface area contributed by atoms with E-state index in [1.165, 1.54) is 11.6 Å². The second-order valence-electron chi connectivity index (χ2n) is 4.17. The monoisotopic (exact) mass is 257 g/mol. The van der Waals surface area contributed by atoms with Gasteiger partial charge in [0.25, 0.3) is 5.56 Å². The maximum Gasteiger partial charge on any atom is 0.358 e. The summed E-state index contributed by atoms with van der Waals surface area (Å²) in [6, 6.07) is 8.77. The van der Waals surface area contributed by atoms with E-state index >= 15 is 0 Å². The predicted molar refractivity (Wildman–Crippen MR) is 69.3 cm³/mol. The van der Waals surface area contributed by atoms with Crippen molar-refractivity contribution in [3.05, 3.63) is 46.4 Å². The molecule has 0 spiro atoms. The van der Waals surface area contributed by atoms with Crippen LogP contribution in [0.5, 0.6) is 0 Å². The molecule has 19 heavy (non-hydrogen) atoms. The fraction of sp³-hybridized carbons (Fsp3) is 0.154. The van der Waals surface area contributed by atoms with Crippen molar-refractivity contribution in [2.24, 2.45) is 7.05 Å². The van der Waals surface area contributed by atoms with Crippen molar-refractivity contribution in [2.45, 2.75) is 0 Å². The molecule has 96 valence electrons. The Balaban J connectivity index is 2.48. The van der Waals surface area contributed by atoms with Crippen LogP contribution in [0.15, 0.2) is 35.1 Å². The van der Waals surface area contributed by atoms with Crippen molar-refractivity contribution in [3.63, 3.8) is 0 Å². The Morgan fingerprint density at radius 3 is 2.79 bits per heavy atom. The van der Waals surface area contributed by atoms with Crippen LogP contribution in [0, 0.1) is 0 Å². The van der Waals surface area contributed by atoms with E-state index in [-0.39, 0.29) is 11.3 Å². The molecule has 6 nitrogen and oxygen atoms in total. The minimum absolute atomic E-state index is 0.116. The van der Waals surface area contributed by atoms with E-state index in [9.17, 15) is 9.59 Å². The molecule has 0 fully saturated rings. The van der Waals surface area contributed by atoms with Crippen molar-refractivity contribution in [3.8, 4) is 0 Å². The molecule has 1 aromatic carbocycles. The number of esters is 1. The van der Waals surface area contributed by atoms with Gasteiger partial charge in [-0.2, -0.15) is 9.61 Å². The molecule has 0 aliphatic heterocycles. The first-order valence-corrected chi connectivity index (χ1v) is 5.69. The van der Waals surface area contributed by atoms with Crippen molar-refractivity contribution in [1.29, 1.82) is 0 Å². The summed E-state index contributed by atoms with van der Waals surface area (Å²) in [4.78, 5) is 23.8. The molecule has 3 aromatic rings. The summed E-state index contributed by atoms with van der Waals surface area (Å²) in [7, 11) is 3.10. The Morgan fingerprint density at radius 2 is 2.05 bits per heavy atom. The van der Waals surface area contributed by atoms with Gasteiger partial charge in [0, 0.05) is 13.1 Å². The molecule has 0 saturated carbocycles. The smallest absolute Gasteiger partial charge is 0.358 e. The fourth-order valence-electron chi connectivity index (χ4n) is 2.15. The normalized spacial score (nSPS) is 11.1. The lowest BCUT2D eigenvalue weighted by atomic mass is 10.2. The number of carbonyl (C=O) groups is 1. The van der Waals surface area contributed by atoms with Gasteiger partial charge in [-0.3, -0.25) is 4.79 Å². The molecule has 0 radical (unpaired) electrons. The van der Waals surface area contributed by atoms with Gasteiger partial charge >= 0.3 is 5.97 Å². The third-order valence-electron chi connectivity index (χ3n) is 3.12. The number of benzene rings is 1. The lowest BCUT2D eigenvalue weighted by Gasteiger charge is -2.06. The van der Waals surface area contributed by atoms with Gasteiger partial charge in [0.2, 0.25) is 0 Å². The number of methoxy groups -OCH3 is 1. The molecule has 3 rings (SSSR count). The van der Waals surface area contributed by atoms with E-state index in [1.54, 1.807) is 18.2 Å². The lowest BCUT2D eigenvalue weighted by molar-refractivity contribution is 0.0593. The van der Waals surface area contributed by atoms with Gasteiger partial charge in [0.1, 0.15) is 5.65 Å². The molecular formula is C13H11N3O3. The molecule has 2 aromatic heterocycles. The van der Waals surface area contributed by atoms with Crippen molar-refractivity contribution in [1.82, 2.24) is 14.2 Å². The van der Waals surface area contributed by atoms with Crippen molar-refractivity contribution >= 4 is 22.5 Å². The van der Waals surface area contributed by atoms with E-state index in [0.717, 1.165) is 5.52 Å². The molecule has 0 amide bonds. The highest BCUT2D eigenvalue weighted by Gasteiger charge is 2.15. The van der Waals surface area contributed by atoms with Crippen LogP contribution in [0.25, 0.3) is 16.6 Å². The molecule has 0 saturated heterocycles. The number of fused-ring (bicyclic) bond motifs is 2. The first-order chi connectivity index (χ1) is 9.13. The highest BCUT2D eigenvalue weighted by Crippen LogP contribution is 2.13. The summed E-state index contributed by atoms with van der Waals surface area (Å²) >= 11 is 0. The maximum atomic E-state index is 12.3. The Kier molecular flexibility index (Phi) is 2.38. The van der Waals surface area contributed by atoms with Crippen LogP contribution in [-0.4, -0.2) is 27.3 Å². The van der Waals surface area contributed by atoms with E-state index in [2.05, 4.69) is 9.84 Å². The largest absolute Gasteiger partial charge is 0.464 e. The number of hydrogen-bond acceptors (Lipinski definition) is 4. The average molecular weight is 257 g/mol. The standard InChI is InChI=1S/C13H11N3O3/c1-15-10-6-4-3-5-8(10)12(17)16-11(15)7-9(14-16)13(18)19-2/h3-7H,1-2H3. The van der Waals surface area contributed by atoms with Crippen LogP contribution in [0.3, 0.4) is 0 Å². The van der Waals surface area contributed by atoms with Gasteiger partial charge in [-0.15, -0.1) is 0 Å². The summed E-state index contributed by atoms with van der Waals surface area (Å²) in [5.74, 6) is -0.563. The van der Waals surface area contributed by atoms with Gasteiger partial charge < -0.3 is 9.30 Å². The van der Waals surface area contributed by atoms with E-state index in [4.69, 9.17) is 0 Å². The minimum Gasteiger partial charge on any atom is -0.464 e. The third-order valence-corrected chi connectivity index (χ3v) is 3.12. The number of nitrogens with zero attached hydrogens (tertiary/aromatic N) is 3. The zero-order valence-electron chi connectivity index (χ0n) is 10.5. The van der Waals surface area contributed by atoms with Crippen molar-refractivity contribution in [2.75, 3.05) is 7.11 Å². The second-order valence-corrected chi connectivity index (χ2v) is 4.17. The fourth-order valence-corrected chi connectivity index (χ4v) is 2.15. The molecule has 2 heterocycles. The molecule has 0 atom stereocenters. The van der Waals surface area contributed by atoms with Crippen LogP contribution in [0.4, 0.5) is 0 Å². The Morgan fingerprint density at radius 1 is 1.32 bits per heavy atom. The number of aromatic nitrogens is 3. The van der Waals surface area contributed by atoms with Crippen LogP contribution >= 0.6 is 0 Å². The first kappa shape index (κ1) is 11.5. The van der Waals surface area contributed by atoms with Gasteiger partial charge in [-0.1, -0.05) is 12.1 Å².